The zero-order valence-electron chi connectivity index (χ0n) is 13.5. The fraction of sp³-hybridized carbons (Fsp3) is 0.105. The molecule has 1 N–H and O–H groups in total. The summed E-state index contributed by atoms with van der Waals surface area (Å²) in [6.07, 6.45) is 0. The Balaban J connectivity index is 1.67. The van der Waals surface area contributed by atoms with E-state index in [1.54, 1.807) is 36.4 Å². The van der Waals surface area contributed by atoms with Crippen LogP contribution in [0.3, 0.4) is 0 Å². The summed E-state index contributed by atoms with van der Waals surface area (Å²) < 4.78 is 17.9. The smallest absolute Gasteiger partial charge is 0.291 e. The van der Waals surface area contributed by atoms with E-state index in [1.807, 2.05) is 31.2 Å². The van der Waals surface area contributed by atoms with Crippen molar-refractivity contribution >= 4 is 34.0 Å². The minimum absolute atomic E-state index is 0.149. The molecule has 4 nitrogen and oxygen atoms in total. The van der Waals surface area contributed by atoms with Gasteiger partial charge in [0.1, 0.15) is 5.76 Å². The van der Waals surface area contributed by atoms with Crippen LogP contribution in [0.1, 0.15) is 21.9 Å². The minimum Gasteiger partial charge on any atom is -0.455 e. The van der Waals surface area contributed by atoms with Crippen molar-refractivity contribution in [2.24, 2.45) is 0 Å². The predicted octanol–water partition coefficient (Wildman–Crippen LogP) is 4.80. The maximum atomic E-state index is 12.4. The van der Waals surface area contributed by atoms with Gasteiger partial charge in [-0.05, 0) is 43.3 Å². The Bertz CT molecular complexity index is 918. The van der Waals surface area contributed by atoms with E-state index in [9.17, 15) is 9.00 Å². The third-order valence-corrected chi connectivity index (χ3v) is 5.24. The van der Waals surface area contributed by atoms with Gasteiger partial charge in [0.2, 0.25) is 0 Å². The zero-order chi connectivity index (χ0) is 17.8. The maximum absolute atomic E-state index is 12.4. The lowest BCUT2D eigenvalue weighted by molar-refractivity contribution is 0.0995. The SMILES string of the molecule is Cc1ccc(S(=O)Cc2ccc(C(=O)Nc3ccccc3Cl)o2)cc1. The molecule has 6 heteroatoms. The molecule has 1 aromatic heterocycles. The molecule has 0 spiro atoms. The van der Waals surface area contributed by atoms with Crippen LogP contribution in [-0.2, 0) is 16.6 Å². The molecule has 2 aromatic carbocycles. The van der Waals surface area contributed by atoms with Crippen LogP contribution >= 0.6 is 11.6 Å². The molecule has 1 amide bonds. The topological polar surface area (TPSA) is 59.3 Å². The van der Waals surface area contributed by atoms with E-state index in [0.29, 0.717) is 16.5 Å². The average molecular weight is 374 g/mol. The van der Waals surface area contributed by atoms with E-state index in [0.717, 1.165) is 10.5 Å². The second-order valence-corrected chi connectivity index (χ2v) is 7.36. The normalized spacial score (nSPS) is 11.9. The van der Waals surface area contributed by atoms with Crippen LogP contribution in [0.15, 0.2) is 70.0 Å². The van der Waals surface area contributed by atoms with Crippen molar-refractivity contribution in [3.8, 4) is 0 Å². The molecule has 0 aliphatic carbocycles. The predicted molar refractivity (Wildman–Crippen MR) is 99.4 cm³/mol. The first kappa shape index (κ1) is 17.5. The van der Waals surface area contributed by atoms with E-state index in [2.05, 4.69) is 5.32 Å². The van der Waals surface area contributed by atoms with Gasteiger partial charge in [0.15, 0.2) is 5.76 Å². The van der Waals surface area contributed by atoms with Gasteiger partial charge in [-0.3, -0.25) is 9.00 Å². The molecule has 0 saturated heterocycles. The van der Waals surface area contributed by atoms with Gasteiger partial charge in [-0.2, -0.15) is 0 Å². The second kappa shape index (κ2) is 7.68. The number of carbonyl (C=O) groups is 1. The molecule has 128 valence electrons. The standard InChI is InChI=1S/C19H16ClNO3S/c1-13-6-9-15(10-7-13)25(23)12-14-8-11-18(24-14)19(22)21-17-5-3-2-4-16(17)20/h2-11H,12H2,1H3,(H,21,22). The first-order valence-corrected chi connectivity index (χ1v) is 9.32. The van der Waals surface area contributed by atoms with Gasteiger partial charge in [0, 0.05) is 4.90 Å². The number of carbonyl (C=O) groups excluding carboxylic acids is 1. The highest BCUT2D eigenvalue weighted by Crippen LogP contribution is 2.22. The lowest BCUT2D eigenvalue weighted by Crippen LogP contribution is -2.11. The molecule has 0 fully saturated rings. The van der Waals surface area contributed by atoms with E-state index in [1.165, 1.54) is 0 Å². The van der Waals surface area contributed by atoms with Crippen molar-refractivity contribution in [3.63, 3.8) is 0 Å². The summed E-state index contributed by atoms with van der Waals surface area (Å²) in [6, 6.07) is 17.7. The monoisotopic (exact) mass is 373 g/mol. The Morgan fingerprint density at radius 2 is 1.80 bits per heavy atom. The Morgan fingerprint density at radius 1 is 1.08 bits per heavy atom. The molecule has 1 heterocycles. The van der Waals surface area contributed by atoms with Gasteiger partial charge < -0.3 is 9.73 Å². The molecule has 0 saturated carbocycles. The summed E-state index contributed by atoms with van der Waals surface area (Å²) in [6.45, 7) is 1.98. The van der Waals surface area contributed by atoms with E-state index in [-0.39, 0.29) is 11.5 Å². The lowest BCUT2D eigenvalue weighted by Gasteiger charge is -2.05. The van der Waals surface area contributed by atoms with Crippen molar-refractivity contribution < 1.29 is 13.4 Å². The summed E-state index contributed by atoms with van der Waals surface area (Å²) >= 11 is 6.02. The fourth-order valence-electron chi connectivity index (χ4n) is 2.23. The Labute approximate surface area is 153 Å². The number of rotatable bonds is 5. The van der Waals surface area contributed by atoms with Crippen LogP contribution in [0.5, 0.6) is 0 Å². The summed E-state index contributed by atoms with van der Waals surface area (Å²) in [5, 5.41) is 3.14. The molecule has 3 rings (SSSR count). The van der Waals surface area contributed by atoms with E-state index >= 15 is 0 Å². The molecule has 25 heavy (non-hydrogen) atoms. The summed E-state index contributed by atoms with van der Waals surface area (Å²) in [5.41, 5.74) is 1.62. The first-order chi connectivity index (χ1) is 12.0. The Hall–Kier alpha value is -2.37. The maximum Gasteiger partial charge on any atom is 0.291 e. The third-order valence-electron chi connectivity index (χ3n) is 3.56. The number of nitrogens with one attached hydrogen (secondary N) is 1. The molecule has 3 aromatic rings. The van der Waals surface area contributed by atoms with Crippen molar-refractivity contribution in [1.82, 2.24) is 0 Å². The third kappa shape index (κ3) is 4.38. The average Bonchev–Trinajstić information content (AvgIpc) is 3.06. The van der Waals surface area contributed by atoms with Crippen molar-refractivity contribution in [2.45, 2.75) is 17.6 Å². The molecular weight excluding hydrogens is 358 g/mol. The first-order valence-electron chi connectivity index (χ1n) is 7.62. The largest absolute Gasteiger partial charge is 0.455 e. The van der Waals surface area contributed by atoms with Crippen molar-refractivity contribution in [1.29, 1.82) is 0 Å². The highest BCUT2D eigenvalue weighted by Gasteiger charge is 2.14. The molecule has 0 aliphatic rings. The minimum atomic E-state index is -1.23. The zero-order valence-corrected chi connectivity index (χ0v) is 15.1. The Kier molecular flexibility index (Phi) is 5.36. The van der Waals surface area contributed by atoms with Crippen LogP contribution in [0.2, 0.25) is 5.02 Å². The summed E-state index contributed by atoms with van der Waals surface area (Å²) in [7, 11) is -1.23. The van der Waals surface area contributed by atoms with Crippen LogP contribution in [-0.4, -0.2) is 10.1 Å². The lowest BCUT2D eigenvalue weighted by atomic mass is 10.2. The highest BCUT2D eigenvalue weighted by atomic mass is 35.5. The van der Waals surface area contributed by atoms with E-state index in [4.69, 9.17) is 16.0 Å². The van der Waals surface area contributed by atoms with Gasteiger partial charge in [0.25, 0.3) is 5.91 Å². The fourth-order valence-corrected chi connectivity index (χ4v) is 3.43. The van der Waals surface area contributed by atoms with Gasteiger partial charge in [-0.1, -0.05) is 41.4 Å². The molecule has 1 unspecified atom stereocenters. The number of hydrogen-bond acceptors (Lipinski definition) is 3. The number of aryl methyl sites for hydroxylation is 1. The Morgan fingerprint density at radius 3 is 2.52 bits per heavy atom. The van der Waals surface area contributed by atoms with Crippen LogP contribution in [0.25, 0.3) is 0 Å². The van der Waals surface area contributed by atoms with Crippen LogP contribution in [0.4, 0.5) is 5.69 Å². The highest BCUT2D eigenvalue weighted by molar-refractivity contribution is 7.84. The quantitative estimate of drug-likeness (QED) is 0.698. The molecular formula is C19H16ClNO3S. The number of hydrogen-bond donors (Lipinski definition) is 1. The summed E-state index contributed by atoms with van der Waals surface area (Å²) in [4.78, 5) is 13.0. The van der Waals surface area contributed by atoms with Gasteiger partial charge >= 0.3 is 0 Å². The number of para-hydroxylation sites is 1. The molecule has 0 radical (unpaired) electrons. The molecule has 1 atom stereocenters. The summed E-state index contributed by atoms with van der Waals surface area (Å²) in [5.74, 6) is 0.446. The van der Waals surface area contributed by atoms with Crippen LogP contribution < -0.4 is 5.32 Å². The van der Waals surface area contributed by atoms with Crippen molar-refractivity contribution in [2.75, 3.05) is 5.32 Å². The number of furan rings is 1. The number of benzene rings is 2. The van der Waals surface area contributed by atoms with Gasteiger partial charge in [0.05, 0.1) is 27.3 Å². The van der Waals surface area contributed by atoms with Crippen LogP contribution in [0, 0.1) is 6.92 Å². The number of anilines is 1. The molecule has 0 aliphatic heterocycles. The molecule has 0 bridgehead atoms. The number of halogens is 1. The van der Waals surface area contributed by atoms with Gasteiger partial charge in [-0.15, -0.1) is 0 Å². The second-order valence-electron chi connectivity index (χ2n) is 5.50. The van der Waals surface area contributed by atoms with E-state index < -0.39 is 16.7 Å². The van der Waals surface area contributed by atoms with Gasteiger partial charge in [-0.25, -0.2) is 0 Å². The number of amides is 1. The van der Waals surface area contributed by atoms with Crippen molar-refractivity contribution in [3.05, 3.63) is 82.8 Å².